The summed E-state index contributed by atoms with van der Waals surface area (Å²) in [6, 6.07) is 30.6. The smallest absolute Gasteiger partial charge is 0.0429 e. The Morgan fingerprint density at radius 1 is 0.739 bits per heavy atom. The number of fused-ring (bicyclic) bond motifs is 1. The van der Waals surface area contributed by atoms with E-state index in [4.69, 9.17) is 0 Å². The highest BCUT2D eigenvalue weighted by molar-refractivity contribution is 5.59. The number of para-hydroxylation sites is 1. The molecule has 0 amide bonds. The van der Waals surface area contributed by atoms with Crippen LogP contribution in [0.5, 0.6) is 0 Å². The summed E-state index contributed by atoms with van der Waals surface area (Å²) in [5.74, 6) is 0.513. The number of hydrogen-bond acceptors (Lipinski definition) is 1. The number of benzene rings is 3. The van der Waals surface area contributed by atoms with Crippen LogP contribution in [0.1, 0.15) is 29.0 Å². The Morgan fingerprint density at radius 2 is 1.39 bits per heavy atom. The maximum Gasteiger partial charge on any atom is 0.0429 e. The highest BCUT2D eigenvalue weighted by Gasteiger charge is 2.25. The molecule has 0 unspecified atom stereocenters. The van der Waals surface area contributed by atoms with Crippen LogP contribution in [-0.2, 0) is 6.54 Å². The van der Waals surface area contributed by atoms with Crippen molar-refractivity contribution < 1.29 is 0 Å². The van der Waals surface area contributed by atoms with Crippen LogP contribution in [0, 0.1) is 0 Å². The molecule has 23 heavy (non-hydrogen) atoms. The van der Waals surface area contributed by atoms with Crippen LogP contribution in [0.4, 0.5) is 5.69 Å². The molecule has 0 spiro atoms. The third kappa shape index (κ3) is 2.87. The first-order valence-electron chi connectivity index (χ1n) is 8.34. The van der Waals surface area contributed by atoms with E-state index in [1.54, 1.807) is 0 Å². The van der Waals surface area contributed by atoms with Gasteiger partial charge in [-0.2, -0.15) is 0 Å². The van der Waals surface area contributed by atoms with Gasteiger partial charge in [0.05, 0.1) is 0 Å². The first kappa shape index (κ1) is 14.1. The molecule has 0 radical (unpaired) electrons. The Morgan fingerprint density at radius 3 is 2.17 bits per heavy atom. The molecule has 4 rings (SSSR count). The van der Waals surface area contributed by atoms with Crippen molar-refractivity contribution >= 4 is 5.69 Å². The van der Waals surface area contributed by atoms with Gasteiger partial charge < -0.3 is 4.90 Å². The van der Waals surface area contributed by atoms with Crippen molar-refractivity contribution in [1.82, 2.24) is 0 Å². The molecule has 3 aromatic carbocycles. The van der Waals surface area contributed by atoms with Crippen LogP contribution in [0.3, 0.4) is 0 Å². The molecule has 1 aliphatic heterocycles. The molecule has 0 bridgehead atoms. The second kappa shape index (κ2) is 6.29. The maximum atomic E-state index is 2.52. The Kier molecular flexibility index (Phi) is 3.85. The summed E-state index contributed by atoms with van der Waals surface area (Å²) in [6.07, 6.45) is 1.17. The second-order valence-electron chi connectivity index (χ2n) is 6.22. The van der Waals surface area contributed by atoms with Crippen molar-refractivity contribution in [2.24, 2.45) is 0 Å². The molecular weight excluding hydrogens is 278 g/mol. The van der Waals surface area contributed by atoms with Gasteiger partial charge in [-0.25, -0.2) is 0 Å². The monoisotopic (exact) mass is 299 g/mol. The molecule has 0 saturated heterocycles. The zero-order valence-electron chi connectivity index (χ0n) is 13.2. The van der Waals surface area contributed by atoms with Crippen molar-refractivity contribution in [3.8, 4) is 0 Å². The van der Waals surface area contributed by atoms with Gasteiger partial charge in [0.15, 0.2) is 0 Å². The van der Waals surface area contributed by atoms with E-state index >= 15 is 0 Å². The fraction of sp³-hybridized carbons (Fsp3) is 0.182. The van der Waals surface area contributed by atoms with Crippen molar-refractivity contribution in [1.29, 1.82) is 0 Å². The Hall–Kier alpha value is -2.54. The van der Waals surface area contributed by atoms with Crippen molar-refractivity contribution in [3.05, 3.63) is 102 Å². The zero-order chi connectivity index (χ0) is 15.5. The minimum atomic E-state index is 0.513. The highest BCUT2D eigenvalue weighted by atomic mass is 15.1. The topological polar surface area (TPSA) is 3.24 Å². The third-order valence-corrected chi connectivity index (χ3v) is 4.76. The average Bonchev–Trinajstić information content (AvgIpc) is 2.64. The lowest BCUT2D eigenvalue weighted by Gasteiger charge is -2.36. The lowest BCUT2D eigenvalue weighted by molar-refractivity contribution is 0.633. The van der Waals surface area contributed by atoms with Crippen molar-refractivity contribution in [2.75, 3.05) is 11.4 Å². The van der Waals surface area contributed by atoms with Gasteiger partial charge in [0.2, 0.25) is 0 Å². The van der Waals surface area contributed by atoms with Gasteiger partial charge in [0, 0.05) is 24.7 Å². The summed E-state index contributed by atoms with van der Waals surface area (Å²) in [7, 11) is 0. The standard InChI is InChI=1S/C22H21N/c1-3-9-18(10-4-1)17-23-16-15-20(19-11-5-2-6-12-19)21-13-7-8-14-22(21)23/h1-14,20H,15-17H2/t20-/m0/s1. The highest BCUT2D eigenvalue weighted by Crippen LogP contribution is 2.39. The van der Waals surface area contributed by atoms with Crippen LogP contribution >= 0.6 is 0 Å². The van der Waals surface area contributed by atoms with E-state index < -0.39 is 0 Å². The van der Waals surface area contributed by atoms with Gasteiger partial charge in [-0.05, 0) is 29.2 Å². The largest absolute Gasteiger partial charge is 0.367 e. The summed E-state index contributed by atoms with van der Waals surface area (Å²) >= 11 is 0. The molecule has 1 heteroatoms. The van der Waals surface area contributed by atoms with Crippen molar-refractivity contribution in [3.63, 3.8) is 0 Å². The van der Waals surface area contributed by atoms with E-state index in [0.717, 1.165) is 13.1 Å². The molecule has 0 aromatic heterocycles. The molecule has 1 atom stereocenters. The van der Waals surface area contributed by atoms with E-state index in [0.29, 0.717) is 5.92 Å². The molecule has 0 N–H and O–H groups in total. The fourth-order valence-electron chi connectivity index (χ4n) is 3.63. The van der Waals surface area contributed by atoms with Gasteiger partial charge in [0.1, 0.15) is 0 Å². The van der Waals surface area contributed by atoms with Crippen LogP contribution < -0.4 is 4.90 Å². The predicted octanol–water partition coefficient (Wildman–Crippen LogP) is 5.23. The molecule has 1 aliphatic rings. The SMILES string of the molecule is c1ccc(CN2CC[C@@H](c3ccccc3)c3ccccc32)cc1. The van der Waals surface area contributed by atoms with Crippen LogP contribution in [0.2, 0.25) is 0 Å². The Bertz CT molecular complexity index is 764. The Balaban J connectivity index is 1.67. The lowest BCUT2D eigenvalue weighted by Crippen LogP contribution is -2.31. The van der Waals surface area contributed by atoms with Crippen LogP contribution in [0.25, 0.3) is 0 Å². The molecule has 0 aliphatic carbocycles. The second-order valence-corrected chi connectivity index (χ2v) is 6.22. The summed E-state index contributed by atoms with van der Waals surface area (Å²) in [5.41, 5.74) is 5.65. The minimum absolute atomic E-state index is 0.513. The van der Waals surface area contributed by atoms with E-state index in [-0.39, 0.29) is 0 Å². The van der Waals surface area contributed by atoms with Gasteiger partial charge >= 0.3 is 0 Å². The molecule has 0 saturated carbocycles. The van der Waals surface area contributed by atoms with E-state index in [1.807, 2.05) is 0 Å². The molecule has 1 heterocycles. The van der Waals surface area contributed by atoms with Gasteiger partial charge in [-0.1, -0.05) is 78.9 Å². The Labute approximate surface area is 138 Å². The predicted molar refractivity (Wildman–Crippen MR) is 96.8 cm³/mol. The molecule has 3 aromatic rings. The molecule has 1 nitrogen and oxygen atoms in total. The van der Waals surface area contributed by atoms with E-state index in [2.05, 4.69) is 89.8 Å². The summed E-state index contributed by atoms with van der Waals surface area (Å²) in [5, 5.41) is 0. The van der Waals surface area contributed by atoms with Gasteiger partial charge in [-0.3, -0.25) is 0 Å². The van der Waals surface area contributed by atoms with Crippen molar-refractivity contribution in [2.45, 2.75) is 18.9 Å². The minimum Gasteiger partial charge on any atom is -0.367 e. The van der Waals surface area contributed by atoms with E-state index in [9.17, 15) is 0 Å². The summed E-state index contributed by atoms with van der Waals surface area (Å²) < 4.78 is 0. The zero-order valence-corrected chi connectivity index (χ0v) is 13.2. The first-order chi connectivity index (χ1) is 11.4. The maximum absolute atomic E-state index is 2.52. The molecular formula is C22H21N. The molecule has 0 fully saturated rings. The van der Waals surface area contributed by atoms with Gasteiger partial charge in [-0.15, -0.1) is 0 Å². The summed E-state index contributed by atoms with van der Waals surface area (Å²) in [4.78, 5) is 2.52. The van der Waals surface area contributed by atoms with Crippen LogP contribution in [-0.4, -0.2) is 6.54 Å². The molecule has 114 valence electrons. The van der Waals surface area contributed by atoms with E-state index in [1.165, 1.54) is 28.8 Å². The van der Waals surface area contributed by atoms with Crippen LogP contribution in [0.15, 0.2) is 84.9 Å². The normalized spacial score (nSPS) is 16.9. The lowest BCUT2D eigenvalue weighted by atomic mass is 9.84. The number of rotatable bonds is 3. The number of nitrogens with zero attached hydrogens (tertiary/aromatic N) is 1. The number of hydrogen-bond donors (Lipinski definition) is 0. The fourth-order valence-corrected chi connectivity index (χ4v) is 3.63. The third-order valence-electron chi connectivity index (χ3n) is 4.76. The first-order valence-corrected chi connectivity index (χ1v) is 8.34. The quantitative estimate of drug-likeness (QED) is 0.640. The summed E-state index contributed by atoms with van der Waals surface area (Å²) in [6.45, 7) is 2.09. The average molecular weight is 299 g/mol. The number of anilines is 1. The van der Waals surface area contributed by atoms with Gasteiger partial charge in [0.25, 0.3) is 0 Å².